The molecule has 4 rings (SSSR count). The largest absolute Gasteiger partial charge is 0.417 e. The van der Waals surface area contributed by atoms with Gasteiger partial charge in [-0.25, -0.2) is 9.97 Å². The van der Waals surface area contributed by atoms with E-state index < -0.39 is 11.7 Å². The van der Waals surface area contributed by atoms with Gasteiger partial charge in [0.25, 0.3) is 0 Å². The number of rotatable bonds is 5. The predicted molar refractivity (Wildman–Crippen MR) is 118 cm³/mol. The summed E-state index contributed by atoms with van der Waals surface area (Å²) in [5.41, 5.74) is 9.58. The number of aryl methyl sites for hydroxylation is 1. The van der Waals surface area contributed by atoms with Gasteiger partial charge in [-0.2, -0.15) is 13.2 Å². The van der Waals surface area contributed by atoms with Crippen LogP contribution in [0.1, 0.15) is 29.9 Å². The van der Waals surface area contributed by atoms with Gasteiger partial charge in [-0.1, -0.05) is 30.3 Å². The maximum absolute atomic E-state index is 13.2. The van der Waals surface area contributed by atoms with Crippen molar-refractivity contribution in [2.45, 2.75) is 26.1 Å². The van der Waals surface area contributed by atoms with Crippen LogP contribution in [0.25, 0.3) is 22.3 Å². The third-order valence-corrected chi connectivity index (χ3v) is 5.08. The van der Waals surface area contributed by atoms with Crippen LogP contribution in [0.5, 0.6) is 0 Å². The van der Waals surface area contributed by atoms with Gasteiger partial charge in [-0.3, -0.25) is 4.98 Å². The van der Waals surface area contributed by atoms with E-state index in [1.54, 1.807) is 0 Å². The van der Waals surface area contributed by atoms with Gasteiger partial charge in [0.2, 0.25) is 0 Å². The number of pyridine rings is 1. The molecule has 0 amide bonds. The highest BCUT2D eigenvalue weighted by molar-refractivity contribution is 5.83. The van der Waals surface area contributed by atoms with E-state index in [9.17, 15) is 13.2 Å². The molecule has 32 heavy (non-hydrogen) atoms. The van der Waals surface area contributed by atoms with Gasteiger partial charge in [0.15, 0.2) is 0 Å². The fraction of sp³-hybridized carbons (Fsp3) is 0.174. The highest BCUT2D eigenvalue weighted by atomic mass is 19.4. The first-order valence-electron chi connectivity index (χ1n) is 9.88. The molecule has 1 unspecified atom stereocenters. The van der Waals surface area contributed by atoms with Crippen molar-refractivity contribution in [3.05, 3.63) is 78.1 Å². The molecule has 3 heterocycles. The van der Waals surface area contributed by atoms with Crippen LogP contribution in [0.15, 0.2) is 61.2 Å². The molecule has 0 saturated heterocycles. The normalized spacial score (nSPS) is 12.5. The Labute approximate surface area is 182 Å². The Balaban J connectivity index is 1.73. The van der Waals surface area contributed by atoms with Crippen molar-refractivity contribution in [1.82, 2.24) is 19.9 Å². The molecule has 0 aliphatic heterocycles. The first kappa shape index (κ1) is 21.4. The van der Waals surface area contributed by atoms with E-state index in [4.69, 9.17) is 5.73 Å². The molecule has 0 saturated carbocycles. The van der Waals surface area contributed by atoms with E-state index in [0.717, 1.165) is 34.8 Å². The molecule has 164 valence electrons. The molecule has 0 bridgehead atoms. The van der Waals surface area contributed by atoms with Gasteiger partial charge in [0.05, 0.1) is 17.2 Å². The summed E-state index contributed by atoms with van der Waals surface area (Å²) in [6.07, 6.45) is -1.17. The van der Waals surface area contributed by atoms with Crippen LogP contribution in [0, 0.1) is 6.92 Å². The Morgan fingerprint density at radius 3 is 2.50 bits per heavy atom. The summed E-state index contributed by atoms with van der Waals surface area (Å²) >= 11 is 0. The number of benzene rings is 1. The van der Waals surface area contributed by atoms with Crippen LogP contribution in [0.2, 0.25) is 0 Å². The van der Waals surface area contributed by atoms with Crippen molar-refractivity contribution < 1.29 is 13.2 Å². The van der Waals surface area contributed by atoms with Gasteiger partial charge in [0, 0.05) is 34.9 Å². The third kappa shape index (κ3) is 4.27. The predicted octanol–water partition coefficient (Wildman–Crippen LogP) is 5.62. The molecule has 1 atom stereocenters. The Bertz CT molecular complexity index is 1230. The number of nitrogens with one attached hydrogen (secondary N) is 2. The first-order chi connectivity index (χ1) is 15.2. The SMILES string of the molecule is Cc1cc(-c2ccccc2)c(C(C)Nc2ncnc(N)c2-c2cncc(C(F)(F)F)c2)[nH]1. The highest BCUT2D eigenvalue weighted by Crippen LogP contribution is 2.37. The van der Waals surface area contributed by atoms with Crippen molar-refractivity contribution in [1.29, 1.82) is 0 Å². The Morgan fingerprint density at radius 2 is 1.78 bits per heavy atom. The minimum atomic E-state index is -4.53. The number of hydrogen-bond donors (Lipinski definition) is 3. The molecule has 0 spiro atoms. The fourth-order valence-corrected chi connectivity index (χ4v) is 3.61. The molecule has 6 nitrogen and oxygen atoms in total. The van der Waals surface area contributed by atoms with E-state index in [1.807, 2.05) is 44.2 Å². The maximum Gasteiger partial charge on any atom is 0.417 e. The number of anilines is 2. The second-order valence-electron chi connectivity index (χ2n) is 7.45. The Morgan fingerprint density at radius 1 is 1.03 bits per heavy atom. The summed E-state index contributed by atoms with van der Waals surface area (Å²) < 4.78 is 39.6. The minimum absolute atomic E-state index is 0.0572. The standard InChI is InChI=1S/C23H21F3N6/c1-13-8-18(15-6-4-3-5-7-15)20(31-13)14(2)32-22-19(21(27)29-12-30-22)16-9-17(11-28-10-16)23(24,25)26/h3-12,14,31H,1-2H3,(H3,27,29,30,32). The summed E-state index contributed by atoms with van der Waals surface area (Å²) in [5.74, 6) is 0.374. The summed E-state index contributed by atoms with van der Waals surface area (Å²) in [6.45, 7) is 3.90. The summed E-state index contributed by atoms with van der Waals surface area (Å²) in [5, 5.41) is 3.28. The first-order valence-corrected chi connectivity index (χ1v) is 9.88. The topological polar surface area (TPSA) is 92.5 Å². The van der Waals surface area contributed by atoms with Crippen molar-refractivity contribution >= 4 is 11.6 Å². The average molecular weight is 438 g/mol. The second-order valence-corrected chi connectivity index (χ2v) is 7.45. The molecule has 0 fully saturated rings. The molecular weight excluding hydrogens is 417 g/mol. The third-order valence-electron chi connectivity index (χ3n) is 5.08. The molecule has 4 aromatic rings. The zero-order valence-electron chi connectivity index (χ0n) is 17.4. The van der Waals surface area contributed by atoms with Crippen molar-refractivity contribution in [3.8, 4) is 22.3 Å². The lowest BCUT2D eigenvalue weighted by molar-refractivity contribution is -0.137. The van der Waals surface area contributed by atoms with Crippen molar-refractivity contribution in [2.75, 3.05) is 11.1 Å². The molecule has 0 radical (unpaired) electrons. The number of hydrogen-bond acceptors (Lipinski definition) is 5. The number of aromatic amines is 1. The van der Waals surface area contributed by atoms with Crippen LogP contribution in [0.3, 0.4) is 0 Å². The second kappa shape index (κ2) is 8.33. The van der Waals surface area contributed by atoms with Crippen LogP contribution in [0.4, 0.5) is 24.8 Å². The number of nitrogens with two attached hydrogens (primary N) is 1. The number of H-pyrrole nitrogens is 1. The van der Waals surface area contributed by atoms with Gasteiger partial charge in [-0.05, 0) is 31.5 Å². The Hall–Kier alpha value is -3.88. The number of nitrogens with zero attached hydrogens (tertiary/aromatic N) is 3. The Kier molecular flexibility index (Phi) is 5.56. The monoisotopic (exact) mass is 438 g/mol. The number of aromatic nitrogens is 4. The molecule has 0 aliphatic carbocycles. The molecule has 0 aliphatic rings. The van der Waals surface area contributed by atoms with E-state index in [1.165, 1.54) is 12.5 Å². The summed E-state index contributed by atoms with van der Waals surface area (Å²) in [4.78, 5) is 15.3. The molecule has 4 N–H and O–H groups in total. The van der Waals surface area contributed by atoms with E-state index in [-0.39, 0.29) is 23.0 Å². The summed E-state index contributed by atoms with van der Waals surface area (Å²) in [6, 6.07) is 12.7. The average Bonchev–Trinajstić information content (AvgIpc) is 3.16. The van der Waals surface area contributed by atoms with Crippen LogP contribution >= 0.6 is 0 Å². The lowest BCUT2D eigenvalue weighted by Crippen LogP contribution is -2.12. The van der Waals surface area contributed by atoms with Crippen LogP contribution in [-0.2, 0) is 6.18 Å². The summed E-state index contributed by atoms with van der Waals surface area (Å²) in [7, 11) is 0. The van der Waals surface area contributed by atoms with Gasteiger partial charge >= 0.3 is 6.18 Å². The van der Waals surface area contributed by atoms with Crippen LogP contribution in [-0.4, -0.2) is 19.9 Å². The van der Waals surface area contributed by atoms with Crippen LogP contribution < -0.4 is 11.1 Å². The quantitative estimate of drug-likeness (QED) is 0.376. The van der Waals surface area contributed by atoms with E-state index in [0.29, 0.717) is 5.82 Å². The zero-order chi connectivity index (χ0) is 22.9. The molecule has 9 heteroatoms. The van der Waals surface area contributed by atoms with Crippen molar-refractivity contribution in [3.63, 3.8) is 0 Å². The van der Waals surface area contributed by atoms with Gasteiger partial charge in [0.1, 0.15) is 18.0 Å². The number of alkyl halides is 3. The highest BCUT2D eigenvalue weighted by Gasteiger charge is 2.31. The van der Waals surface area contributed by atoms with Gasteiger partial charge < -0.3 is 16.0 Å². The minimum Gasteiger partial charge on any atom is -0.383 e. The zero-order valence-corrected chi connectivity index (χ0v) is 17.4. The number of halogens is 3. The lowest BCUT2D eigenvalue weighted by atomic mass is 10.0. The molecule has 3 aromatic heterocycles. The lowest BCUT2D eigenvalue weighted by Gasteiger charge is -2.19. The molecule has 1 aromatic carbocycles. The maximum atomic E-state index is 13.2. The van der Waals surface area contributed by atoms with E-state index in [2.05, 4.69) is 31.3 Å². The van der Waals surface area contributed by atoms with Gasteiger partial charge in [-0.15, -0.1) is 0 Å². The van der Waals surface area contributed by atoms with E-state index >= 15 is 0 Å². The fourth-order valence-electron chi connectivity index (χ4n) is 3.61. The molecular formula is C23H21F3N6. The number of nitrogen functional groups attached to an aromatic ring is 1. The smallest absolute Gasteiger partial charge is 0.383 e. The van der Waals surface area contributed by atoms with Crippen molar-refractivity contribution in [2.24, 2.45) is 0 Å².